The summed E-state index contributed by atoms with van der Waals surface area (Å²) in [6.45, 7) is 5.82. The van der Waals surface area contributed by atoms with E-state index in [2.05, 4.69) is 15.5 Å². The number of imide groups is 1. The molecule has 0 saturated carbocycles. The summed E-state index contributed by atoms with van der Waals surface area (Å²) in [5, 5.41) is 13.5. The van der Waals surface area contributed by atoms with Crippen molar-refractivity contribution in [3.05, 3.63) is 0 Å². The molecule has 7 heteroatoms. The van der Waals surface area contributed by atoms with Gasteiger partial charge in [0.25, 0.3) is 0 Å². The van der Waals surface area contributed by atoms with Crippen molar-refractivity contribution in [3.8, 4) is 0 Å². The van der Waals surface area contributed by atoms with Crippen LogP contribution in [0.1, 0.15) is 6.92 Å². The summed E-state index contributed by atoms with van der Waals surface area (Å²) >= 11 is 0. The van der Waals surface area contributed by atoms with E-state index >= 15 is 0 Å². The Hall–Kier alpha value is -1.18. The molecular weight excluding hydrogens is 236 g/mol. The lowest BCUT2D eigenvalue weighted by molar-refractivity contribution is -0.125. The second kappa shape index (κ2) is 7.30. The Morgan fingerprint density at radius 1 is 1.28 bits per heavy atom. The third-order valence-corrected chi connectivity index (χ3v) is 3.21. The smallest absolute Gasteiger partial charge is 0.321 e. The lowest BCUT2D eigenvalue weighted by atomic mass is 10.2. The number of nitrogens with one attached hydrogen (secondary N) is 2. The number of urea groups is 1. The molecule has 104 valence electrons. The zero-order chi connectivity index (χ0) is 13.5. The van der Waals surface area contributed by atoms with Gasteiger partial charge in [-0.1, -0.05) is 0 Å². The van der Waals surface area contributed by atoms with Crippen molar-refractivity contribution in [2.75, 3.05) is 46.4 Å². The number of nitrogens with zero attached hydrogens (tertiary/aromatic N) is 2. The summed E-state index contributed by atoms with van der Waals surface area (Å²) in [5.74, 6) is -0.287. The molecular formula is C11H22N4O3. The molecule has 1 fully saturated rings. The van der Waals surface area contributed by atoms with E-state index in [1.165, 1.54) is 7.05 Å². The molecule has 0 aromatic heterocycles. The number of hydrogen-bond acceptors (Lipinski definition) is 5. The highest BCUT2D eigenvalue weighted by molar-refractivity contribution is 5.96. The number of β-amino-alcohol motifs (C(OH)–C–C–N with tert-alkyl or cyclic N) is 1. The minimum atomic E-state index is -0.481. The molecule has 18 heavy (non-hydrogen) atoms. The summed E-state index contributed by atoms with van der Waals surface area (Å²) in [6.07, 6.45) is 0. The highest BCUT2D eigenvalue weighted by Gasteiger charge is 2.25. The summed E-state index contributed by atoms with van der Waals surface area (Å²) in [6, 6.07) is -0.802. The lowest BCUT2D eigenvalue weighted by Crippen LogP contribution is -2.55. The molecule has 0 aliphatic carbocycles. The zero-order valence-corrected chi connectivity index (χ0v) is 11.0. The minimum absolute atomic E-state index is 0.159. The van der Waals surface area contributed by atoms with Gasteiger partial charge in [-0.25, -0.2) is 4.79 Å². The lowest BCUT2D eigenvalue weighted by Gasteiger charge is -2.37. The highest BCUT2D eigenvalue weighted by atomic mass is 16.3. The van der Waals surface area contributed by atoms with Gasteiger partial charge in [0.2, 0.25) is 5.91 Å². The molecule has 1 rings (SSSR count). The average molecular weight is 258 g/mol. The first kappa shape index (κ1) is 14.9. The Bertz CT molecular complexity index is 290. The number of hydrogen-bond donors (Lipinski definition) is 3. The maximum Gasteiger partial charge on any atom is 0.321 e. The van der Waals surface area contributed by atoms with E-state index in [4.69, 9.17) is 5.11 Å². The molecule has 3 N–H and O–H groups in total. The molecule has 1 aliphatic heterocycles. The van der Waals surface area contributed by atoms with Crippen molar-refractivity contribution >= 4 is 11.9 Å². The summed E-state index contributed by atoms with van der Waals surface area (Å²) in [7, 11) is 1.47. The summed E-state index contributed by atoms with van der Waals surface area (Å²) in [4.78, 5) is 27.0. The fourth-order valence-electron chi connectivity index (χ4n) is 1.96. The molecule has 1 atom stereocenters. The summed E-state index contributed by atoms with van der Waals surface area (Å²) in [5.41, 5.74) is 0. The van der Waals surface area contributed by atoms with Crippen LogP contribution in [0, 0.1) is 0 Å². The van der Waals surface area contributed by atoms with Crippen molar-refractivity contribution in [3.63, 3.8) is 0 Å². The van der Waals surface area contributed by atoms with Crippen molar-refractivity contribution in [1.82, 2.24) is 20.4 Å². The van der Waals surface area contributed by atoms with E-state index in [1.54, 1.807) is 6.92 Å². The van der Waals surface area contributed by atoms with Gasteiger partial charge in [-0.15, -0.1) is 0 Å². The van der Waals surface area contributed by atoms with E-state index in [0.29, 0.717) is 6.54 Å². The van der Waals surface area contributed by atoms with Crippen LogP contribution in [0.15, 0.2) is 0 Å². The van der Waals surface area contributed by atoms with Gasteiger partial charge in [0.05, 0.1) is 12.6 Å². The number of amides is 3. The highest BCUT2D eigenvalue weighted by Crippen LogP contribution is 2.06. The second-order valence-corrected chi connectivity index (χ2v) is 4.35. The number of carbonyl (C=O) groups is 2. The second-order valence-electron chi connectivity index (χ2n) is 4.35. The quantitative estimate of drug-likeness (QED) is 0.568. The first-order valence-electron chi connectivity index (χ1n) is 6.18. The average Bonchev–Trinajstić information content (AvgIpc) is 2.39. The monoisotopic (exact) mass is 258 g/mol. The molecule has 0 aromatic rings. The number of aliphatic hydroxyl groups is 1. The van der Waals surface area contributed by atoms with Gasteiger partial charge in [0.15, 0.2) is 0 Å². The predicted octanol–water partition coefficient (Wildman–Crippen LogP) is -1.56. The van der Waals surface area contributed by atoms with Crippen LogP contribution in [0.2, 0.25) is 0 Å². The fraction of sp³-hybridized carbons (Fsp3) is 0.818. The van der Waals surface area contributed by atoms with Gasteiger partial charge in [0.1, 0.15) is 0 Å². The van der Waals surface area contributed by atoms with Crippen LogP contribution in [0.3, 0.4) is 0 Å². The van der Waals surface area contributed by atoms with Gasteiger partial charge in [-0.05, 0) is 6.92 Å². The van der Waals surface area contributed by atoms with E-state index in [1.807, 2.05) is 4.90 Å². The fourth-order valence-corrected chi connectivity index (χ4v) is 1.96. The molecule has 1 saturated heterocycles. The molecule has 1 heterocycles. The third kappa shape index (κ3) is 4.25. The zero-order valence-electron chi connectivity index (χ0n) is 11.0. The maximum atomic E-state index is 11.8. The van der Waals surface area contributed by atoms with Crippen LogP contribution in [-0.2, 0) is 4.79 Å². The van der Waals surface area contributed by atoms with Crippen LogP contribution in [0.5, 0.6) is 0 Å². The normalized spacial score (nSPS) is 19.3. The third-order valence-electron chi connectivity index (χ3n) is 3.21. The van der Waals surface area contributed by atoms with Crippen LogP contribution in [-0.4, -0.2) is 79.3 Å². The van der Waals surface area contributed by atoms with Gasteiger partial charge < -0.3 is 10.4 Å². The van der Waals surface area contributed by atoms with Crippen molar-refractivity contribution in [2.24, 2.45) is 0 Å². The molecule has 1 unspecified atom stereocenters. The van der Waals surface area contributed by atoms with Gasteiger partial charge in [0, 0.05) is 39.8 Å². The number of rotatable bonds is 4. The molecule has 3 amide bonds. The van der Waals surface area contributed by atoms with Gasteiger partial charge in [-0.2, -0.15) is 0 Å². The maximum absolute atomic E-state index is 11.8. The minimum Gasteiger partial charge on any atom is -0.395 e. The first-order valence-corrected chi connectivity index (χ1v) is 6.18. The Morgan fingerprint density at radius 3 is 2.39 bits per heavy atom. The van der Waals surface area contributed by atoms with Crippen molar-refractivity contribution < 1.29 is 14.7 Å². The van der Waals surface area contributed by atoms with Crippen molar-refractivity contribution in [1.29, 1.82) is 0 Å². The Kier molecular flexibility index (Phi) is 6.03. The van der Waals surface area contributed by atoms with E-state index in [-0.39, 0.29) is 18.6 Å². The number of piperazine rings is 1. The van der Waals surface area contributed by atoms with Crippen molar-refractivity contribution in [2.45, 2.75) is 13.0 Å². The Labute approximate surface area is 107 Å². The molecule has 0 aromatic carbocycles. The van der Waals surface area contributed by atoms with E-state index < -0.39 is 6.03 Å². The number of aliphatic hydroxyl groups excluding tert-OH is 1. The van der Waals surface area contributed by atoms with E-state index in [9.17, 15) is 9.59 Å². The van der Waals surface area contributed by atoms with Gasteiger partial charge >= 0.3 is 6.03 Å². The molecule has 1 aliphatic rings. The molecule has 0 spiro atoms. The standard InChI is InChI=1S/C11H22N4O3/c1-9(10(17)13-11(18)12-2)15-5-3-14(4-6-15)7-8-16/h9,16H,3-8H2,1-2H3,(H2,12,13,17,18). The Balaban J connectivity index is 2.37. The largest absolute Gasteiger partial charge is 0.395 e. The topological polar surface area (TPSA) is 84.9 Å². The predicted molar refractivity (Wildman–Crippen MR) is 67.2 cm³/mol. The SMILES string of the molecule is CNC(=O)NC(=O)C(C)N1CCN(CCO)CC1. The van der Waals surface area contributed by atoms with Crippen LogP contribution in [0.25, 0.3) is 0 Å². The summed E-state index contributed by atoms with van der Waals surface area (Å²) < 4.78 is 0. The van der Waals surface area contributed by atoms with E-state index in [0.717, 1.165) is 26.2 Å². The molecule has 7 nitrogen and oxygen atoms in total. The van der Waals surface area contributed by atoms with Crippen LogP contribution in [0.4, 0.5) is 4.79 Å². The molecule has 0 radical (unpaired) electrons. The van der Waals surface area contributed by atoms with Gasteiger partial charge in [-0.3, -0.25) is 19.9 Å². The van der Waals surface area contributed by atoms with Crippen LogP contribution < -0.4 is 10.6 Å². The number of carbonyl (C=O) groups excluding carboxylic acids is 2. The van der Waals surface area contributed by atoms with Crippen LogP contribution >= 0.6 is 0 Å². The first-order chi connectivity index (χ1) is 8.58. The Morgan fingerprint density at radius 2 is 1.89 bits per heavy atom. The molecule has 0 bridgehead atoms.